The average Bonchev–Trinajstić information content (AvgIpc) is 2.34. The summed E-state index contributed by atoms with van der Waals surface area (Å²) < 4.78 is 5.36. The maximum atomic E-state index is 8.64. The summed E-state index contributed by atoms with van der Waals surface area (Å²) in [6, 6.07) is 0.613. The monoisotopic (exact) mass is 247 g/mol. The molecule has 1 unspecified atom stereocenters. The highest BCUT2D eigenvalue weighted by molar-refractivity contribution is 7.99. The van der Waals surface area contributed by atoms with E-state index in [-0.39, 0.29) is 0 Å². The molecule has 1 rings (SSSR count). The van der Waals surface area contributed by atoms with E-state index in [1.165, 1.54) is 12.8 Å². The Morgan fingerprint density at radius 2 is 2.12 bits per heavy atom. The molecule has 2 N–H and O–H groups in total. The van der Waals surface area contributed by atoms with Crippen LogP contribution >= 0.6 is 11.8 Å². The van der Waals surface area contributed by atoms with Crippen LogP contribution in [0, 0.1) is 5.92 Å². The Labute approximate surface area is 103 Å². The van der Waals surface area contributed by atoms with Crippen molar-refractivity contribution in [3.8, 4) is 0 Å². The third kappa shape index (κ3) is 6.09. The van der Waals surface area contributed by atoms with Gasteiger partial charge < -0.3 is 15.2 Å². The summed E-state index contributed by atoms with van der Waals surface area (Å²) in [5.41, 5.74) is 0. The van der Waals surface area contributed by atoms with E-state index in [1.54, 1.807) is 0 Å². The van der Waals surface area contributed by atoms with Crippen LogP contribution in [0.1, 0.15) is 26.2 Å². The first kappa shape index (κ1) is 14.3. The van der Waals surface area contributed by atoms with Gasteiger partial charge in [-0.25, -0.2) is 0 Å². The van der Waals surface area contributed by atoms with Crippen LogP contribution in [0.3, 0.4) is 0 Å². The largest absolute Gasteiger partial charge is 0.396 e. The fourth-order valence-electron chi connectivity index (χ4n) is 2.01. The Bertz CT molecular complexity index is 163. The summed E-state index contributed by atoms with van der Waals surface area (Å²) in [5, 5.41) is 12.2. The molecule has 0 aromatic rings. The number of rotatable bonds is 8. The van der Waals surface area contributed by atoms with Gasteiger partial charge in [0.05, 0.1) is 0 Å². The third-order valence-corrected chi connectivity index (χ3v) is 4.20. The number of hydrogen-bond acceptors (Lipinski definition) is 4. The molecule has 0 aromatic heterocycles. The lowest BCUT2D eigenvalue weighted by Crippen LogP contribution is -2.37. The molecule has 1 aliphatic heterocycles. The van der Waals surface area contributed by atoms with Crippen molar-refractivity contribution >= 4 is 11.8 Å². The summed E-state index contributed by atoms with van der Waals surface area (Å²) >= 11 is 1.92. The van der Waals surface area contributed by atoms with Gasteiger partial charge in [0, 0.05) is 38.2 Å². The molecule has 1 fully saturated rings. The van der Waals surface area contributed by atoms with Crippen LogP contribution in [0.25, 0.3) is 0 Å². The smallest absolute Gasteiger partial charge is 0.0469 e. The molecular formula is C12H25NO2S. The minimum absolute atomic E-state index is 0.318. The molecule has 0 aliphatic carbocycles. The summed E-state index contributed by atoms with van der Waals surface area (Å²) in [7, 11) is 0. The zero-order valence-electron chi connectivity index (χ0n) is 10.3. The van der Waals surface area contributed by atoms with Gasteiger partial charge in [0.1, 0.15) is 0 Å². The first-order valence-electron chi connectivity index (χ1n) is 6.34. The van der Waals surface area contributed by atoms with Crippen LogP contribution in [0.5, 0.6) is 0 Å². The second-order valence-electron chi connectivity index (χ2n) is 4.38. The molecule has 1 heterocycles. The number of thioether (sulfide) groups is 1. The lowest BCUT2D eigenvalue weighted by Gasteiger charge is -2.28. The van der Waals surface area contributed by atoms with Gasteiger partial charge in [0.15, 0.2) is 0 Å². The van der Waals surface area contributed by atoms with Gasteiger partial charge >= 0.3 is 0 Å². The van der Waals surface area contributed by atoms with Crippen molar-refractivity contribution in [2.75, 3.05) is 37.9 Å². The van der Waals surface area contributed by atoms with Gasteiger partial charge in [-0.3, -0.25) is 0 Å². The Morgan fingerprint density at radius 1 is 1.38 bits per heavy atom. The highest BCUT2D eigenvalue weighted by Gasteiger charge is 2.19. The molecule has 0 radical (unpaired) electrons. The lowest BCUT2D eigenvalue weighted by molar-refractivity contribution is 0.0563. The van der Waals surface area contributed by atoms with Crippen molar-refractivity contribution in [2.45, 2.75) is 32.2 Å². The molecule has 16 heavy (non-hydrogen) atoms. The second-order valence-corrected chi connectivity index (χ2v) is 5.61. The van der Waals surface area contributed by atoms with Crippen molar-refractivity contribution in [3.63, 3.8) is 0 Å². The van der Waals surface area contributed by atoms with Gasteiger partial charge in [-0.1, -0.05) is 0 Å². The number of ether oxygens (including phenoxy) is 1. The maximum Gasteiger partial charge on any atom is 0.0469 e. The summed E-state index contributed by atoms with van der Waals surface area (Å²) in [4.78, 5) is 0. The minimum Gasteiger partial charge on any atom is -0.396 e. The molecule has 0 saturated carbocycles. The molecule has 0 spiro atoms. The molecule has 0 amide bonds. The number of nitrogens with one attached hydrogen (secondary N) is 1. The molecule has 0 aromatic carbocycles. The van der Waals surface area contributed by atoms with Crippen molar-refractivity contribution in [1.82, 2.24) is 5.32 Å². The normalized spacial score (nSPS) is 19.9. The van der Waals surface area contributed by atoms with Crippen molar-refractivity contribution in [2.24, 2.45) is 5.92 Å². The van der Waals surface area contributed by atoms with Gasteiger partial charge in [-0.05, 0) is 37.9 Å². The number of aliphatic hydroxyl groups excluding tert-OH is 1. The van der Waals surface area contributed by atoms with E-state index in [0.717, 1.165) is 43.6 Å². The van der Waals surface area contributed by atoms with Gasteiger partial charge in [0.2, 0.25) is 0 Å². The quantitative estimate of drug-likeness (QED) is 0.638. The Kier molecular flexibility index (Phi) is 8.29. The molecule has 1 saturated heterocycles. The third-order valence-electron chi connectivity index (χ3n) is 3.13. The predicted molar refractivity (Wildman–Crippen MR) is 70.0 cm³/mol. The fourth-order valence-corrected chi connectivity index (χ4v) is 2.81. The van der Waals surface area contributed by atoms with Crippen LogP contribution < -0.4 is 5.32 Å². The van der Waals surface area contributed by atoms with Gasteiger partial charge in [-0.15, -0.1) is 0 Å². The summed E-state index contributed by atoms with van der Waals surface area (Å²) in [5.74, 6) is 3.01. The molecule has 4 heteroatoms. The topological polar surface area (TPSA) is 41.5 Å². The standard InChI is InChI=1S/C12H25NO2S/c1-11(12-3-7-15-8-4-12)13-5-10-16-9-2-6-14/h11-14H,2-10H2,1H3. The highest BCUT2D eigenvalue weighted by atomic mass is 32.2. The van der Waals surface area contributed by atoms with Crippen molar-refractivity contribution < 1.29 is 9.84 Å². The zero-order chi connectivity index (χ0) is 11.6. The number of aliphatic hydroxyl groups is 1. The molecule has 3 nitrogen and oxygen atoms in total. The molecule has 0 bridgehead atoms. The molecular weight excluding hydrogens is 222 g/mol. The van der Waals surface area contributed by atoms with E-state index < -0.39 is 0 Å². The molecule has 1 atom stereocenters. The first-order chi connectivity index (χ1) is 7.84. The van der Waals surface area contributed by atoms with Gasteiger partial charge in [0.25, 0.3) is 0 Å². The summed E-state index contributed by atoms with van der Waals surface area (Å²) in [6.45, 7) is 5.55. The second kappa shape index (κ2) is 9.28. The fraction of sp³-hybridized carbons (Fsp3) is 1.00. The minimum atomic E-state index is 0.318. The van der Waals surface area contributed by atoms with E-state index in [9.17, 15) is 0 Å². The van der Waals surface area contributed by atoms with Crippen LogP contribution in [0.2, 0.25) is 0 Å². The highest BCUT2D eigenvalue weighted by Crippen LogP contribution is 2.18. The van der Waals surface area contributed by atoms with Crippen LogP contribution in [0.4, 0.5) is 0 Å². The van der Waals surface area contributed by atoms with Gasteiger partial charge in [-0.2, -0.15) is 11.8 Å². The molecule has 96 valence electrons. The Balaban J connectivity index is 1.94. The Morgan fingerprint density at radius 3 is 2.81 bits per heavy atom. The van der Waals surface area contributed by atoms with Crippen LogP contribution in [-0.4, -0.2) is 49.0 Å². The Hall–Kier alpha value is 0.230. The van der Waals surface area contributed by atoms with E-state index in [4.69, 9.17) is 9.84 Å². The van der Waals surface area contributed by atoms with E-state index in [2.05, 4.69) is 12.2 Å². The zero-order valence-corrected chi connectivity index (χ0v) is 11.1. The van der Waals surface area contributed by atoms with Crippen molar-refractivity contribution in [3.05, 3.63) is 0 Å². The van der Waals surface area contributed by atoms with Crippen LogP contribution in [0.15, 0.2) is 0 Å². The number of hydrogen-bond donors (Lipinski definition) is 2. The SMILES string of the molecule is CC(NCCSCCCO)C1CCOCC1. The average molecular weight is 247 g/mol. The lowest BCUT2D eigenvalue weighted by atomic mass is 9.93. The first-order valence-corrected chi connectivity index (χ1v) is 7.50. The van der Waals surface area contributed by atoms with Crippen LogP contribution in [-0.2, 0) is 4.74 Å². The van der Waals surface area contributed by atoms with E-state index >= 15 is 0 Å². The predicted octanol–water partition coefficient (Wildman–Crippen LogP) is 1.51. The van der Waals surface area contributed by atoms with E-state index in [0.29, 0.717) is 12.6 Å². The van der Waals surface area contributed by atoms with E-state index in [1.807, 2.05) is 11.8 Å². The molecule has 1 aliphatic rings. The maximum absolute atomic E-state index is 8.64. The van der Waals surface area contributed by atoms with Crippen molar-refractivity contribution in [1.29, 1.82) is 0 Å². The summed E-state index contributed by atoms with van der Waals surface area (Å²) in [6.07, 6.45) is 3.32.